The summed E-state index contributed by atoms with van der Waals surface area (Å²) in [5.41, 5.74) is 8.50. The Labute approximate surface area is 118 Å². The van der Waals surface area contributed by atoms with Crippen molar-refractivity contribution in [3.8, 4) is 23.1 Å². The summed E-state index contributed by atoms with van der Waals surface area (Å²) in [4.78, 5) is 4.32. The van der Waals surface area contributed by atoms with E-state index >= 15 is 0 Å². The lowest BCUT2D eigenvalue weighted by atomic mass is 9.86. The smallest absolute Gasteiger partial charge is 0.167 e. The van der Waals surface area contributed by atoms with Crippen molar-refractivity contribution in [1.29, 1.82) is 5.26 Å². The van der Waals surface area contributed by atoms with E-state index in [9.17, 15) is 0 Å². The highest BCUT2D eigenvalue weighted by molar-refractivity contribution is 5.73. The average molecular weight is 267 g/mol. The Morgan fingerprint density at radius 3 is 2.40 bits per heavy atom. The van der Waals surface area contributed by atoms with E-state index in [1.54, 1.807) is 19.4 Å². The van der Waals surface area contributed by atoms with Crippen molar-refractivity contribution >= 4 is 5.69 Å². The van der Waals surface area contributed by atoms with Crippen molar-refractivity contribution in [2.24, 2.45) is 0 Å². The summed E-state index contributed by atoms with van der Waals surface area (Å²) in [6, 6.07) is 11.7. The second-order valence-corrected chi connectivity index (χ2v) is 5.10. The minimum atomic E-state index is -0.508. The van der Waals surface area contributed by atoms with Crippen LogP contribution in [-0.4, -0.2) is 12.1 Å². The van der Waals surface area contributed by atoms with Crippen LogP contribution in [0.2, 0.25) is 0 Å². The van der Waals surface area contributed by atoms with Gasteiger partial charge in [-0.15, -0.1) is 0 Å². The molecule has 0 aliphatic heterocycles. The molecule has 2 N–H and O–H groups in total. The van der Waals surface area contributed by atoms with Gasteiger partial charge in [-0.05, 0) is 25.5 Å². The maximum atomic E-state index is 9.15. The van der Waals surface area contributed by atoms with Crippen molar-refractivity contribution in [3.63, 3.8) is 0 Å². The normalized spacial score (nSPS) is 10.9. The van der Waals surface area contributed by atoms with Gasteiger partial charge >= 0.3 is 0 Å². The van der Waals surface area contributed by atoms with Gasteiger partial charge in [0, 0.05) is 11.8 Å². The maximum absolute atomic E-state index is 9.15. The molecule has 0 bridgehead atoms. The van der Waals surface area contributed by atoms with Gasteiger partial charge in [0.1, 0.15) is 5.69 Å². The summed E-state index contributed by atoms with van der Waals surface area (Å²) in [6.45, 7) is 3.78. The Kier molecular flexibility index (Phi) is 3.62. The van der Waals surface area contributed by atoms with Crippen molar-refractivity contribution in [2.75, 3.05) is 12.8 Å². The van der Waals surface area contributed by atoms with Crippen LogP contribution < -0.4 is 10.5 Å². The average Bonchev–Trinajstić information content (AvgIpc) is 2.47. The molecule has 1 aromatic carbocycles. The Morgan fingerprint density at radius 2 is 1.85 bits per heavy atom. The minimum absolute atomic E-state index is 0.508. The zero-order valence-corrected chi connectivity index (χ0v) is 11.8. The molecule has 0 radical (unpaired) electrons. The third-order valence-corrected chi connectivity index (χ3v) is 3.30. The molecular weight excluding hydrogens is 250 g/mol. The number of hydrogen-bond donors (Lipinski definition) is 1. The molecule has 4 nitrogen and oxygen atoms in total. The summed E-state index contributed by atoms with van der Waals surface area (Å²) >= 11 is 0. The first kappa shape index (κ1) is 13.9. The van der Waals surface area contributed by atoms with Gasteiger partial charge in [0.15, 0.2) is 5.75 Å². The number of nitrogen functional groups attached to an aromatic ring is 1. The molecule has 0 aliphatic carbocycles. The van der Waals surface area contributed by atoms with Crippen LogP contribution in [0.1, 0.15) is 19.4 Å². The summed E-state index contributed by atoms with van der Waals surface area (Å²) in [5.74, 6) is 0.569. The third-order valence-electron chi connectivity index (χ3n) is 3.30. The van der Waals surface area contributed by atoms with Crippen molar-refractivity contribution < 1.29 is 4.74 Å². The van der Waals surface area contributed by atoms with E-state index in [-0.39, 0.29) is 0 Å². The molecule has 1 aromatic heterocycles. The zero-order valence-electron chi connectivity index (χ0n) is 11.8. The summed E-state index contributed by atoms with van der Waals surface area (Å²) in [5, 5.41) is 9.15. The Balaban J connectivity index is 2.47. The number of hydrogen-bond acceptors (Lipinski definition) is 4. The minimum Gasteiger partial charge on any atom is -0.492 e. The third kappa shape index (κ3) is 2.43. The Bertz CT molecular complexity index is 654. The molecule has 0 saturated heterocycles. The van der Waals surface area contributed by atoms with Crippen LogP contribution in [-0.2, 0) is 5.41 Å². The standard InChI is InChI=1S/C16H17N3O/c1-16(2,10-17)12-6-4-11(5-7-12)14-15(20-3)13(18)8-9-19-14/h4-9H,1-3H3,(H2,18,19). The van der Waals surface area contributed by atoms with Gasteiger partial charge in [0.25, 0.3) is 0 Å². The second kappa shape index (κ2) is 5.22. The fourth-order valence-electron chi connectivity index (χ4n) is 1.99. The van der Waals surface area contributed by atoms with Crippen LogP contribution >= 0.6 is 0 Å². The number of nitrogens with zero attached hydrogens (tertiary/aromatic N) is 2. The molecule has 1 heterocycles. The lowest BCUT2D eigenvalue weighted by Gasteiger charge is -2.16. The van der Waals surface area contributed by atoms with Gasteiger partial charge in [-0.25, -0.2) is 0 Å². The Morgan fingerprint density at radius 1 is 1.20 bits per heavy atom. The number of pyridine rings is 1. The Hall–Kier alpha value is -2.54. The monoisotopic (exact) mass is 267 g/mol. The highest BCUT2D eigenvalue weighted by Gasteiger charge is 2.20. The number of nitrogens with two attached hydrogens (primary N) is 1. The van der Waals surface area contributed by atoms with E-state index in [0.29, 0.717) is 17.1 Å². The van der Waals surface area contributed by atoms with E-state index in [1.807, 2.05) is 38.1 Å². The van der Waals surface area contributed by atoms with Gasteiger partial charge < -0.3 is 10.5 Å². The molecule has 0 saturated carbocycles. The lowest BCUT2D eigenvalue weighted by Crippen LogP contribution is -2.13. The van der Waals surface area contributed by atoms with Gasteiger partial charge in [-0.1, -0.05) is 24.3 Å². The van der Waals surface area contributed by atoms with Crippen LogP contribution in [0.5, 0.6) is 5.75 Å². The van der Waals surface area contributed by atoms with Gasteiger partial charge in [-0.3, -0.25) is 4.98 Å². The molecular formula is C16H17N3O. The molecule has 0 fully saturated rings. The first-order chi connectivity index (χ1) is 9.49. The molecule has 0 aliphatic rings. The van der Waals surface area contributed by atoms with E-state index in [0.717, 1.165) is 11.1 Å². The molecule has 4 heteroatoms. The van der Waals surface area contributed by atoms with Crippen molar-refractivity contribution in [1.82, 2.24) is 4.98 Å². The topological polar surface area (TPSA) is 71.9 Å². The lowest BCUT2D eigenvalue weighted by molar-refractivity contribution is 0.417. The zero-order chi connectivity index (χ0) is 14.8. The molecule has 0 spiro atoms. The first-order valence-electron chi connectivity index (χ1n) is 6.30. The van der Waals surface area contributed by atoms with Gasteiger partial charge in [0.2, 0.25) is 0 Å². The summed E-state index contributed by atoms with van der Waals surface area (Å²) in [7, 11) is 1.57. The number of anilines is 1. The van der Waals surface area contributed by atoms with Crippen molar-refractivity contribution in [3.05, 3.63) is 42.1 Å². The fraction of sp³-hybridized carbons (Fsp3) is 0.250. The number of ether oxygens (including phenoxy) is 1. The quantitative estimate of drug-likeness (QED) is 0.927. The van der Waals surface area contributed by atoms with E-state index in [1.165, 1.54) is 0 Å². The van der Waals surface area contributed by atoms with Gasteiger partial charge in [0.05, 0.1) is 24.3 Å². The number of nitriles is 1. The van der Waals surface area contributed by atoms with E-state index < -0.39 is 5.41 Å². The molecule has 2 aromatic rings. The van der Waals surface area contributed by atoms with Crippen LogP contribution in [0, 0.1) is 11.3 Å². The number of benzene rings is 1. The highest BCUT2D eigenvalue weighted by Crippen LogP contribution is 2.33. The molecule has 20 heavy (non-hydrogen) atoms. The summed E-state index contributed by atoms with van der Waals surface area (Å²) in [6.07, 6.45) is 1.65. The van der Waals surface area contributed by atoms with Gasteiger partial charge in [-0.2, -0.15) is 5.26 Å². The molecule has 0 unspecified atom stereocenters. The second-order valence-electron chi connectivity index (χ2n) is 5.10. The highest BCUT2D eigenvalue weighted by atomic mass is 16.5. The van der Waals surface area contributed by atoms with Crippen LogP contribution in [0.15, 0.2) is 36.5 Å². The number of methoxy groups -OCH3 is 1. The molecule has 0 atom stereocenters. The van der Waals surface area contributed by atoms with Crippen LogP contribution in [0.4, 0.5) is 5.69 Å². The molecule has 0 amide bonds. The molecule has 2 rings (SSSR count). The summed E-state index contributed by atoms with van der Waals surface area (Å²) < 4.78 is 5.31. The predicted octanol–water partition coefficient (Wildman–Crippen LogP) is 3.14. The largest absolute Gasteiger partial charge is 0.492 e. The van der Waals surface area contributed by atoms with Crippen LogP contribution in [0.3, 0.4) is 0 Å². The number of aromatic nitrogens is 1. The van der Waals surface area contributed by atoms with E-state index in [4.69, 9.17) is 15.7 Å². The predicted molar refractivity (Wildman–Crippen MR) is 79.3 cm³/mol. The van der Waals surface area contributed by atoms with Crippen LogP contribution in [0.25, 0.3) is 11.3 Å². The van der Waals surface area contributed by atoms with Crippen molar-refractivity contribution in [2.45, 2.75) is 19.3 Å². The first-order valence-corrected chi connectivity index (χ1v) is 6.30. The maximum Gasteiger partial charge on any atom is 0.167 e. The number of rotatable bonds is 3. The molecule has 102 valence electrons. The SMILES string of the molecule is COc1c(N)ccnc1-c1ccc(C(C)(C)C#N)cc1. The fourth-order valence-corrected chi connectivity index (χ4v) is 1.99. The van der Waals surface area contributed by atoms with E-state index in [2.05, 4.69) is 11.1 Å².